The van der Waals surface area contributed by atoms with Gasteiger partial charge in [-0.25, -0.2) is 0 Å². The summed E-state index contributed by atoms with van der Waals surface area (Å²) in [5.74, 6) is 0. The van der Waals surface area contributed by atoms with Crippen LogP contribution in [0.3, 0.4) is 0 Å². The molecule has 1 aliphatic heterocycles. The van der Waals surface area contributed by atoms with Gasteiger partial charge in [0, 0.05) is 28.5 Å². The second kappa shape index (κ2) is 4.97. The molecule has 4 heteroatoms. The van der Waals surface area contributed by atoms with Crippen LogP contribution in [0.1, 0.15) is 30.7 Å². The van der Waals surface area contributed by atoms with Gasteiger partial charge < -0.3 is 14.8 Å². The Labute approximate surface area is 123 Å². The van der Waals surface area contributed by atoms with Crippen molar-refractivity contribution in [3.8, 4) is 0 Å². The van der Waals surface area contributed by atoms with Crippen molar-refractivity contribution < 1.29 is 9.84 Å². The SMILES string of the molecule is Cc1cccc2c(=O)[nH]c3c(c12)CO[C@H](C(C)(C)CO)C3. The van der Waals surface area contributed by atoms with Gasteiger partial charge in [-0.1, -0.05) is 26.0 Å². The zero-order valence-corrected chi connectivity index (χ0v) is 12.7. The first kappa shape index (κ1) is 14.3. The highest BCUT2D eigenvalue weighted by Crippen LogP contribution is 2.33. The molecule has 0 saturated carbocycles. The van der Waals surface area contributed by atoms with E-state index in [2.05, 4.69) is 4.98 Å². The topological polar surface area (TPSA) is 62.3 Å². The summed E-state index contributed by atoms with van der Waals surface area (Å²) in [6, 6.07) is 5.78. The van der Waals surface area contributed by atoms with E-state index in [0.29, 0.717) is 13.0 Å². The van der Waals surface area contributed by atoms with Crippen LogP contribution < -0.4 is 5.56 Å². The minimum absolute atomic E-state index is 0.0464. The van der Waals surface area contributed by atoms with Crippen LogP contribution in [0.15, 0.2) is 23.0 Å². The van der Waals surface area contributed by atoms with Crippen LogP contribution in [0.4, 0.5) is 0 Å². The molecule has 1 aliphatic rings. The highest BCUT2D eigenvalue weighted by atomic mass is 16.5. The van der Waals surface area contributed by atoms with E-state index in [1.165, 1.54) is 0 Å². The van der Waals surface area contributed by atoms with Crippen molar-refractivity contribution >= 4 is 10.8 Å². The number of aryl methyl sites for hydroxylation is 1. The van der Waals surface area contributed by atoms with Crippen molar-refractivity contribution in [3.63, 3.8) is 0 Å². The molecule has 2 aromatic rings. The monoisotopic (exact) mass is 287 g/mol. The predicted molar refractivity (Wildman–Crippen MR) is 82.5 cm³/mol. The Morgan fingerprint density at radius 1 is 1.43 bits per heavy atom. The van der Waals surface area contributed by atoms with Gasteiger partial charge in [-0.3, -0.25) is 4.79 Å². The summed E-state index contributed by atoms with van der Waals surface area (Å²) in [6.07, 6.45) is 0.537. The summed E-state index contributed by atoms with van der Waals surface area (Å²) in [5.41, 5.74) is 2.75. The van der Waals surface area contributed by atoms with Gasteiger partial charge in [0.1, 0.15) is 0 Å². The number of H-pyrrole nitrogens is 1. The van der Waals surface area contributed by atoms with Gasteiger partial charge in [-0.2, -0.15) is 0 Å². The number of aliphatic hydroxyl groups is 1. The zero-order chi connectivity index (χ0) is 15.2. The van der Waals surface area contributed by atoms with Gasteiger partial charge in [-0.15, -0.1) is 0 Å². The Hall–Kier alpha value is -1.65. The molecule has 21 heavy (non-hydrogen) atoms. The van der Waals surface area contributed by atoms with E-state index in [4.69, 9.17) is 4.74 Å². The fraction of sp³-hybridized carbons (Fsp3) is 0.471. The molecule has 0 saturated heterocycles. The second-order valence-corrected chi connectivity index (χ2v) is 6.56. The number of hydrogen-bond donors (Lipinski definition) is 2. The van der Waals surface area contributed by atoms with E-state index in [1.807, 2.05) is 39.0 Å². The number of ether oxygens (including phenoxy) is 1. The summed E-state index contributed by atoms with van der Waals surface area (Å²) >= 11 is 0. The molecule has 0 aliphatic carbocycles. The Morgan fingerprint density at radius 3 is 2.90 bits per heavy atom. The van der Waals surface area contributed by atoms with Crippen LogP contribution in [0, 0.1) is 12.3 Å². The van der Waals surface area contributed by atoms with Crippen LogP contribution in [-0.2, 0) is 17.8 Å². The van der Waals surface area contributed by atoms with E-state index < -0.39 is 0 Å². The Bertz CT molecular complexity index is 746. The molecule has 0 spiro atoms. The fourth-order valence-corrected chi connectivity index (χ4v) is 3.05. The van der Waals surface area contributed by atoms with E-state index in [0.717, 1.165) is 27.6 Å². The number of rotatable bonds is 2. The summed E-state index contributed by atoms with van der Waals surface area (Å²) < 4.78 is 5.98. The number of benzene rings is 1. The Kier molecular flexibility index (Phi) is 3.38. The van der Waals surface area contributed by atoms with E-state index in [-0.39, 0.29) is 23.7 Å². The summed E-state index contributed by atoms with van der Waals surface area (Å²) in [4.78, 5) is 15.3. The van der Waals surface area contributed by atoms with Crippen molar-refractivity contribution in [2.75, 3.05) is 6.61 Å². The third-order valence-corrected chi connectivity index (χ3v) is 4.55. The van der Waals surface area contributed by atoms with Crippen molar-refractivity contribution in [1.82, 2.24) is 4.98 Å². The summed E-state index contributed by atoms with van der Waals surface area (Å²) in [7, 11) is 0. The quantitative estimate of drug-likeness (QED) is 0.891. The molecule has 0 bridgehead atoms. The third kappa shape index (κ3) is 2.28. The number of nitrogens with one attached hydrogen (secondary N) is 1. The molecule has 1 aromatic carbocycles. The lowest BCUT2D eigenvalue weighted by Crippen LogP contribution is -2.40. The molecular weight excluding hydrogens is 266 g/mol. The molecule has 3 rings (SSSR count). The molecule has 112 valence electrons. The molecule has 1 aromatic heterocycles. The van der Waals surface area contributed by atoms with Crippen LogP contribution in [-0.4, -0.2) is 22.8 Å². The molecule has 2 heterocycles. The van der Waals surface area contributed by atoms with Gasteiger partial charge in [0.15, 0.2) is 0 Å². The molecule has 4 nitrogen and oxygen atoms in total. The minimum atomic E-state index is -0.324. The lowest BCUT2D eigenvalue weighted by Gasteiger charge is -2.36. The Morgan fingerprint density at radius 2 is 2.19 bits per heavy atom. The molecule has 0 unspecified atom stereocenters. The molecule has 2 N–H and O–H groups in total. The average Bonchev–Trinajstić information content (AvgIpc) is 2.47. The van der Waals surface area contributed by atoms with E-state index in [1.54, 1.807) is 0 Å². The standard InChI is InChI=1S/C17H21NO3/c1-10-5-4-6-11-15(10)12-8-21-14(17(2,3)9-19)7-13(12)18-16(11)20/h4-6,14,19H,7-9H2,1-3H3,(H,18,20)/t14-/m0/s1. The molecule has 1 atom stereocenters. The van der Waals surface area contributed by atoms with Crippen molar-refractivity contribution in [3.05, 3.63) is 45.4 Å². The van der Waals surface area contributed by atoms with Crippen LogP contribution >= 0.6 is 0 Å². The number of aliphatic hydroxyl groups excluding tert-OH is 1. The number of pyridine rings is 1. The maximum absolute atomic E-state index is 12.3. The number of aromatic nitrogens is 1. The highest BCUT2D eigenvalue weighted by Gasteiger charge is 2.34. The first-order valence-corrected chi connectivity index (χ1v) is 7.30. The normalized spacial score (nSPS) is 18.8. The zero-order valence-electron chi connectivity index (χ0n) is 12.7. The lowest BCUT2D eigenvalue weighted by molar-refractivity contribution is -0.0654. The largest absolute Gasteiger partial charge is 0.396 e. The van der Waals surface area contributed by atoms with E-state index >= 15 is 0 Å². The van der Waals surface area contributed by atoms with Gasteiger partial charge in [-0.05, 0) is 23.9 Å². The maximum Gasteiger partial charge on any atom is 0.256 e. The first-order chi connectivity index (χ1) is 9.94. The van der Waals surface area contributed by atoms with E-state index in [9.17, 15) is 9.90 Å². The predicted octanol–water partition coefficient (Wildman–Crippen LogP) is 2.30. The number of aromatic amines is 1. The molecule has 0 amide bonds. The number of hydrogen-bond acceptors (Lipinski definition) is 3. The van der Waals surface area contributed by atoms with Crippen molar-refractivity contribution in [2.45, 2.75) is 39.9 Å². The second-order valence-electron chi connectivity index (χ2n) is 6.56. The van der Waals surface area contributed by atoms with Gasteiger partial charge >= 0.3 is 0 Å². The minimum Gasteiger partial charge on any atom is -0.396 e. The van der Waals surface area contributed by atoms with Crippen LogP contribution in [0.2, 0.25) is 0 Å². The van der Waals surface area contributed by atoms with Gasteiger partial charge in [0.05, 0.1) is 19.3 Å². The number of fused-ring (bicyclic) bond motifs is 3. The fourth-order valence-electron chi connectivity index (χ4n) is 3.05. The van der Waals surface area contributed by atoms with Gasteiger partial charge in [0.2, 0.25) is 0 Å². The van der Waals surface area contributed by atoms with Gasteiger partial charge in [0.25, 0.3) is 5.56 Å². The molecular formula is C17H21NO3. The van der Waals surface area contributed by atoms with Crippen LogP contribution in [0.25, 0.3) is 10.8 Å². The third-order valence-electron chi connectivity index (χ3n) is 4.55. The lowest BCUT2D eigenvalue weighted by atomic mass is 9.82. The van der Waals surface area contributed by atoms with Crippen molar-refractivity contribution in [1.29, 1.82) is 0 Å². The Balaban J connectivity index is 2.15. The first-order valence-electron chi connectivity index (χ1n) is 7.30. The molecule has 0 radical (unpaired) electrons. The van der Waals surface area contributed by atoms with Crippen molar-refractivity contribution in [2.24, 2.45) is 5.41 Å². The maximum atomic E-state index is 12.3. The smallest absolute Gasteiger partial charge is 0.256 e. The molecule has 0 fully saturated rings. The summed E-state index contributed by atoms with van der Waals surface area (Å²) in [5, 5.41) is 11.2. The van der Waals surface area contributed by atoms with Crippen LogP contribution in [0.5, 0.6) is 0 Å². The highest BCUT2D eigenvalue weighted by molar-refractivity contribution is 5.88. The summed E-state index contributed by atoms with van der Waals surface area (Å²) in [6.45, 7) is 6.51. The average molecular weight is 287 g/mol.